The van der Waals surface area contributed by atoms with Crippen LogP contribution in [0.2, 0.25) is 0 Å². The number of nitrogens with two attached hydrogens (primary N) is 1. The van der Waals surface area contributed by atoms with Crippen LogP contribution in [0.5, 0.6) is 0 Å². The maximum Gasteiger partial charge on any atom is 0.407 e. The topological polar surface area (TPSA) is 183 Å². The van der Waals surface area contributed by atoms with Crippen LogP contribution in [-0.4, -0.2) is 65.4 Å². The minimum atomic E-state index is -1.24. The lowest BCUT2D eigenvalue weighted by Gasteiger charge is -2.29. The highest BCUT2D eigenvalue weighted by Gasteiger charge is 2.36. The average Bonchev–Trinajstić information content (AvgIpc) is 3.05. The number of carboxylic acid groups (broad SMARTS) is 1. The molecule has 12 nitrogen and oxygen atoms in total. The van der Waals surface area contributed by atoms with Crippen LogP contribution < -0.4 is 16.4 Å². The van der Waals surface area contributed by atoms with Gasteiger partial charge in [0, 0.05) is 31.0 Å². The summed E-state index contributed by atoms with van der Waals surface area (Å²) in [7, 11) is 0. The Hall–Kier alpha value is -5.13. The third kappa shape index (κ3) is 16.3. The van der Waals surface area contributed by atoms with E-state index in [0.29, 0.717) is 11.3 Å². The quantitative estimate of drug-likeness (QED) is 0.0608. The highest BCUT2D eigenvalue weighted by Crippen LogP contribution is 2.23. The predicted octanol–water partition coefficient (Wildman–Crippen LogP) is 6.10. The van der Waals surface area contributed by atoms with E-state index in [0.717, 1.165) is 5.56 Å². The zero-order valence-electron chi connectivity index (χ0n) is 31.5. The lowest BCUT2D eigenvalue weighted by atomic mass is 9.93. The Morgan fingerprint density at radius 2 is 1.54 bits per heavy atom. The van der Waals surface area contributed by atoms with Crippen molar-refractivity contribution in [1.29, 1.82) is 0 Å². The predicted molar refractivity (Wildman–Crippen MR) is 200 cm³/mol. The molecule has 4 atom stereocenters. The summed E-state index contributed by atoms with van der Waals surface area (Å²) in [4.78, 5) is 63.9. The Kier molecular flexibility index (Phi) is 16.6. The number of carbonyl (C=O) groups excluding carboxylic acids is 4. The Morgan fingerprint density at radius 3 is 2.12 bits per heavy atom. The van der Waals surface area contributed by atoms with Crippen LogP contribution in [0.3, 0.4) is 0 Å². The summed E-state index contributed by atoms with van der Waals surface area (Å²) in [6.45, 7) is 13.9. The van der Waals surface area contributed by atoms with Gasteiger partial charge in [-0.05, 0) is 76.3 Å². The Balaban J connectivity index is 2.21. The lowest BCUT2D eigenvalue weighted by Crippen LogP contribution is -2.44. The number of aliphatic carboxylic acids is 1. The molecule has 0 saturated carbocycles. The van der Waals surface area contributed by atoms with Crippen molar-refractivity contribution in [3.8, 4) is 0 Å². The van der Waals surface area contributed by atoms with E-state index in [2.05, 4.69) is 10.6 Å². The highest BCUT2D eigenvalue weighted by atomic mass is 16.6. The van der Waals surface area contributed by atoms with Crippen molar-refractivity contribution in [2.75, 3.05) is 12.3 Å². The molecule has 0 saturated heterocycles. The molecule has 284 valence electrons. The van der Waals surface area contributed by atoms with E-state index >= 15 is 0 Å². The number of alkyl carbamates (subject to hydrolysis) is 1. The Bertz CT molecular complexity index is 1540. The van der Waals surface area contributed by atoms with Crippen LogP contribution in [0.1, 0.15) is 79.4 Å². The number of ether oxygens (including phenoxy) is 3. The molecule has 52 heavy (non-hydrogen) atoms. The van der Waals surface area contributed by atoms with Crippen molar-refractivity contribution in [3.63, 3.8) is 0 Å². The number of nitrogens with one attached hydrogen (secondary N) is 2. The van der Waals surface area contributed by atoms with Gasteiger partial charge in [0.25, 0.3) is 0 Å². The molecule has 0 bridgehead atoms. The number of hydrogen-bond donors (Lipinski definition) is 4. The van der Waals surface area contributed by atoms with Crippen LogP contribution in [0.25, 0.3) is 6.08 Å². The second-order valence-corrected chi connectivity index (χ2v) is 14.9. The number of benzene rings is 2. The Labute approximate surface area is 307 Å². The molecule has 2 rings (SSSR count). The first-order chi connectivity index (χ1) is 24.3. The van der Waals surface area contributed by atoms with Crippen molar-refractivity contribution in [2.24, 2.45) is 17.3 Å². The second kappa shape index (κ2) is 20.0. The second-order valence-electron chi connectivity index (χ2n) is 14.9. The fourth-order valence-corrected chi connectivity index (χ4v) is 4.75. The first-order valence-corrected chi connectivity index (χ1v) is 17.4. The van der Waals surface area contributed by atoms with Crippen LogP contribution in [0.4, 0.5) is 10.5 Å². The largest absolute Gasteiger partial charge is 0.480 e. The van der Waals surface area contributed by atoms with Gasteiger partial charge < -0.3 is 35.7 Å². The molecule has 12 heteroatoms. The van der Waals surface area contributed by atoms with Gasteiger partial charge in [-0.25, -0.2) is 14.4 Å². The van der Waals surface area contributed by atoms with Crippen molar-refractivity contribution < 1.29 is 43.3 Å². The summed E-state index contributed by atoms with van der Waals surface area (Å²) >= 11 is 0. The summed E-state index contributed by atoms with van der Waals surface area (Å²) in [5.74, 6) is -3.67. The number of carbonyl (C=O) groups is 5. The van der Waals surface area contributed by atoms with Crippen LogP contribution in [0.15, 0.2) is 72.8 Å². The number of nitrogen functional groups attached to an aromatic ring is 1. The summed E-state index contributed by atoms with van der Waals surface area (Å²) in [6.07, 6.45) is 4.12. The van der Waals surface area contributed by atoms with Crippen molar-refractivity contribution in [3.05, 3.63) is 84.0 Å². The molecule has 0 unspecified atom stereocenters. The normalized spacial score (nSPS) is 14.3. The third-order valence-corrected chi connectivity index (χ3v) is 7.74. The molecular formula is C40H55N3O9. The lowest BCUT2D eigenvalue weighted by molar-refractivity contribution is -0.178. The zero-order chi connectivity index (χ0) is 39.1. The molecule has 5 N–H and O–H groups in total. The molecule has 0 radical (unpaired) electrons. The average molecular weight is 722 g/mol. The fraction of sp³-hybridized carbons (Fsp3) is 0.475. The van der Waals surface area contributed by atoms with Gasteiger partial charge in [0.1, 0.15) is 17.7 Å². The third-order valence-electron chi connectivity index (χ3n) is 7.74. The van der Waals surface area contributed by atoms with E-state index in [-0.39, 0.29) is 37.6 Å². The first-order valence-electron chi connectivity index (χ1n) is 17.4. The van der Waals surface area contributed by atoms with E-state index in [1.807, 2.05) is 63.3 Å². The smallest absolute Gasteiger partial charge is 0.407 e. The number of esters is 2. The molecule has 0 aliphatic carbocycles. The molecule has 0 aliphatic rings. The molecule has 0 aromatic heterocycles. The summed E-state index contributed by atoms with van der Waals surface area (Å²) in [6, 6.07) is 15.1. The minimum Gasteiger partial charge on any atom is -0.480 e. The van der Waals surface area contributed by atoms with Crippen LogP contribution in [-0.2, 0) is 39.8 Å². The number of anilines is 1. The number of amides is 2. The van der Waals surface area contributed by atoms with Gasteiger partial charge in [-0.15, -0.1) is 0 Å². The van der Waals surface area contributed by atoms with Crippen LogP contribution >= 0.6 is 0 Å². The molecule has 2 amide bonds. The van der Waals surface area contributed by atoms with Crippen LogP contribution in [0, 0.1) is 17.3 Å². The SMILES string of the molecule is CC(C)C[C@H](OC(=O)C(C)(C)CNC(=O)OC(C)(C)C)C(=O)O[C@@H](C/C=C/C(=O)N[C@H](Cc1ccc(N)cc1)C(=O)O)[C@H](C)/C=C/c1ccccc1. The van der Waals surface area contributed by atoms with Crippen molar-refractivity contribution in [2.45, 2.75) is 98.5 Å². The van der Waals surface area contributed by atoms with E-state index in [4.69, 9.17) is 19.9 Å². The molecular weight excluding hydrogens is 666 g/mol. The fourth-order valence-electron chi connectivity index (χ4n) is 4.75. The zero-order valence-corrected chi connectivity index (χ0v) is 31.5. The molecule has 0 spiro atoms. The first kappa shape index (κ1) is 43.0. The number of carboxylic acids is 1. The van der Waals surface area contributed by atoms with Crippen molar-refractivity contribution >= 4 is 41.7 Å². The van der Waals surface area contributed by atoms with E-state index in [1.54, 1.807) is 58.9 Å². The van der Waals surface area contributed by atoms with E-state index in [9.17, 15) is 29.1 Å². The minimum absolute atomic E-state index is 0.0405. The van der Waals surface area contributed by atoms with Gasteiger partial charge in [-0.2, -0.15) is 0 Å². The summed E-state index contributed by atoms with van der Waals surface area (Å²) < 4.78 is 17.0. The number of rotatable bonds is 18. The van der Waals surface area contributed by atoms with Gasteiger partial charge in [0.2, 0.25) is 5.91 Å². The molecule has 2 aromatic rings. The maximum absolute atomic E-state index is 13.7. The highest BCUT2D eigenvalue weighted by molar-refractivity contribution is 5.91. The molecule has 2 aromatic carbocycles. The van der Waals surface area contributed by atoms with Gasteiger partial charge >= 0.3 is 24.0 Å². The van der Waals surface area contributed by atoms with Crippen molar-refractivity contribution in [1.82, 2.24) is 10.6 Å². The molecule has 0 aliphatic heterocycles. The van der Waals surface area contributed by atoms with Gasteiger partial charge in [-0.1, -0.05) is 81.5 Å². The summed E-state index contributed by atoms with van der Waals surface area (Å²) in [5.41, 5.74) is 5.96. The summed E-state index contributed by atoms with van der Waals surface area (Å²) in [5, 5.41) is 14.8. The number of hydrogen-bond acceptors (Lipinski definition) is 9. The Morgan fingerprint density at radius 1 is 0.904 bits per heavy atom. The van der Waals surface area contributed by atoms with Gasteiger partial charge in [-0.3, -0.25) is 9.59 Å². The monoisotopic (exact) mass is 721 g/mol. The molecule has 0 fully saturated rings. The standard InChI is InChI=1S/C40H55N3O9/c1-26(2)23-33(51-37(48)40(7,8)25-42-38(49)52-39(4,5)6)36(47)50-32(27(3)17-18-28-13-10-9-11-14-28)15-12-16-34(44)43-31(35(45)46)24-29-19-21-30(41)22-20-29/h9-14,16-22,26-27,31-33H,15,23-25,41H2,1-8H3,(H,42,49)(H,43,44)(H,45,46)/b16-12+,18-17+/t27-,31-,32+,33+/m1/s1. The molecule has 0 heterocycles. The maximum atomic E-state index is 13.7. The van der Waals surface area contributed by atoms with Gasteiger partial charge in [0.15, 0.2) is 6.10 Å². The van der Waals surface area contributed by atoms with Gasteiger partial charge in [0.05, 0.1) is 5.41 Å². The van der Waals surface area contributed by atoms with E-state index < -0.39 is 59.2 Å². The van der Waals surface area contributed by atoms with E-state index in [1.165, 1.54) is 12.2 Å².